The molecule has 13 heavy (non-hydrogen) atoms. The van der Waals surface area contributed by atoms with Crippen LogP contribution in [0.5, 0.6) is 0 Å². The Balaban J connectivity index is 2.30. The van der Waals surface area contributed by atoms with E-state index in [2.05, 4.69) is 9.98 Å². The molecule has 2 nitrogen and oxygen atoms in total. The van der Waals surface area contributed by atoms with E-state index in [1.165, 1.54) is 12.3 Å². The Bertz CT molecular complexity index is 352. The quantitative estimate of drug-likeness (QED) is 0.645. The Kier molecular flexibility index (Phi) is 2.17. The van der Waals surface area contributed by atoms with Crippen molar-refractivity contribution < 1.29 is 4.39 Å². The fourth-order valence-corrected chi connectivity index (χ4v) is 1.21. The van der Waals surface area contributed by atoms with Gasteiger partial charge in [0.05, 0.1) is 17.6 Å². The molecule has 1 aliphatic heterocycles. The molecule has 0 N–H and O–H groups in total. The second-order valence-electron chi connectivity index (χ2n) is 2.84. The summed E-state index contributed by atoms with van der Waals surface area (Å²) in [6.07, 6.45) is 7.05. The zero-order valence-electron chi connectivity index (χ0n) is 7.07. The van der Waals surface area contributed by atoms with E-state index in [1.807, 2.05) is 12.3 Å². The van der Waals surface area contributed by atoms with E-state index >= 15 is 0 Å². The molecule has 0 spiro atoms. The number of aliphatic imine (C=N–C) groups is 1. The molecule has 2 rings (SSSR count). The normalized spacial score (nSPS) is 15.6. The van der Waals surface area contributed by atoms with Gasteiger partial charge < -0.3 is 0 Å². The zero-order chi connectivity index (χ0) is 9.10. The van der Waals surface area contributed by atoms with Gasteiger partial charge in [-0.1, -0.05) is 6.08 Å². The van der Waals surface area contributed by atoms with E-state index in [0.717, 1.165) is 24.2 Å². The van der Waals surface area contributed by atoms with Crippen molar-refractivity contribution in [2.75, 3.05) is 0 Å². The zero-order valence-corrected chi connectivity index (χ0v) is 7.07. The van der Waals surface area contributed by atoms with Crippen LogP contribution in [0.1, 0.15) is 18.5 Å². The molecule has 0 bridgehead atoms. The van der Waals surface area contributed by atoms with Crippen molar-refractivity contribution >= 4 is 11.9 Å². The largest absolute Gasteiger partial charge is 0.259 e. The third kappa shape index (κ3) is 1.80. The minimum atomic E-state index is -0.316. The van der Waals surface area contributed by atoms with Crippen molar-refractivity contribution in [1.82, 2.24) is 4.98 Å². The number of allylic oxidation sites excluding steroid dienone is 1. The Morgan fingerprint density at radius 2 is 2.15 bits per heavy atom. The molecular weight excluding hydrogens is 167 g/mol. The van der Waals surface area contributed by atoms with Gasteiger partial charge >= 0.3 is 0 Å². The minimum Gasteiger partial charge on any atom is -0.259 e. The molecule has 3 heteroatoms. The van der Waals surface area contributed by atoms with Crippen molar-refractivity contribution in [2.45, 2.75) is 12.8 Å². The summed E-state index contributed by atoms with van der Waals surface area (Å²) in [5.74, 6) is -0.316. The van der Waals surface area contributed by atoms with Crippen LogP contribution in [0, 0.1) is 5.82 Å². The summed E-state index contributed by atoms with van der Waals surface area (Å²) in [5.41, 5.74) is 1.57. The first-order valence-corrected chi connectivity index (χ1v) is 4.21. The second-order valence-corrected chi connectivity index (χ2v) is 2.84. The van der Waals surface area contributed by atoms with Crippen LogP contribution >= 0.6 is 0 Å². The summed E-state index contributed by atoms with van der Waals surface area (Å²) in [7, 11) is 0. The first kappa shape index (κ1) is 8.10. The Labute approximate surface area is 75.8 Å². The van der Waals surface area contributed by atoms with Gasteiger partial charge in [0.1, 0.15) is 5.82 Å². The van der Waals surface area contributed by atoms with Crippen LogP contribution in [0.3, 0.4) is 0 Å². The molecule has 0 aromatic carbocycles. The van der Waals surface area contributed by atoms with Gasteiger partial charge in [0.25, 0.3) is 0 Å². The minimum absolute atomic E-state index is 0.316. The van der Waals surface area contributed by atoms with Crippen LogP contribution in [0.15, 0.2) is 29.4 Å². The first-order chi connectivity index (χ1) is 6.36. The van der Waals surface area contributed by atoms with Gasteiger partial charge in [-0.2, -0.15) is 0 Å². The lowest BCUT2D eigenvalue weighted by atomic mass is 10.2. The number of hydrogen-bond acceptors (Lipinski definition) is 2. The molecule has 1 aromatic rings. The number of halogens is 1. The van der Waals surface area contributed by atoms with Crippen LogP contribution in [0.2, 0.25) is 0 Å². The fraction of sp³-hybridized carbons (Fsp3) is 0.200. The Morgan fingerprint density at radius 3 is 2.77 bits per heavy atom. The Hall–Kier alpha value is -1.51. The smallest absolute Gasteiger partial charge is 0.141 e. The van der Waals surface area contributed by atoms with Gasteiger partial charge in [-0.15, -0.1) is 0 Å². The van der Waals surface area contributed by atoms with Gasteiger partial charge in [-0.05, 0) is 25.0 Å². The number of hydrogen-bond donors (Lipinski definition) is 0. The predicted molar refractivity (Wildman–Crippen MR) is 49.9 cm³/mol. The van der Waals surface area contributed by atoms with E-state index in [-0.39, 0.29) is 5.82 Å². The van der Waals surface area contributed by atoms with Gasteiger partial charge in [-0.25, -0.2) is 4.39 Å². The van der Waals surface area contributed by atoms with Crippen LogP contribution in [0.4, 0.5) is 4.39 Å². The molecule has 0 radical (unpaired) electrons. The molecule has 2 heterocycles. The van der Waals surface area contributed by atoms with E-state index in [0.29, 0.717) is 0 Å². The van der Waals surface area contributed by atoms with Crippen molar-refractivity contribution in [3.63, 3.8) is 0 Å². The summed E-state index contributed by atoms with van der Waals surface area (Å²) >= 11 is 0. The molecule has 1 aromatic heterocycles. The molecule has 0 amide bonds. The molecular formula is C10H9FN2. The van der Waals surface area contributed by atoms with Gasteiger partial charge in [0, 0.05) is 6.21 Å². The number of aromatic nitrogens is 1. The second kappa shape index (κ2) is 3.47. The molecule has 0 saturated carbocycles. The average molecular weight is 176 g/mol. The lowest BCUT2D eigenvalue weighted by Crippen LogP contribution is -1.92. The lowest BCUT2D eigenvalue weighted by Gasteiger charge is -2.04. The average Bonchev–Trinajstić information content (AvgIpc) is 2.20. The highest BCUT2D eigenvalue weighted by atomic mass is 19.1. The van der Waals surface area contributed by atoms with Gasteiger partial charge in [-0.3, -0.25) is 9.98 Å². The lowest BCUT2D eigenvalue weighted by molar-refractivity contribution is 0.621. The van der Waals surface area contributed by atoms with Gasteiger partial charge in [0.15, 0.2) is 0 Å². The fourth-order valence-electron chi connectivity index (χ4n) is 1.21. The number of pyridine rings is 1. The predicted octanol–water partition coefficient (Wildman–Crippen LogP) is 2.43. The summed E-state index contributed by atoms with van der Waals surface area (Å²) in [6, 6.07) is 3.04. The maximum atomic E-state index is 12.5. The standard InChI is InChI=1S/C10H9FN2/c11-8-4-5-10(13-7-8)9-3-1-2-6-12-9/h3-7H,1-2H2. The van der Waals surface area contributed by atoms with Gasteiger partial charge in [0.2, 0.25) is 0 Å². The molecule has 66 valence electrons. The van der Waals surface area contributed by atoms with E-state index < -0.39 is 0 Å². The van der Waals surface area contributed by atoms with Crippen molar-refractivity contribution in [3.05, 3.63) is 35.9 Å². The third-order valence-corrected chi connectivity index (χ3v) is 1.85. The summed E-state index contributed by atoms with van der Waals surface area (Å²) in [6.45, 7) is 0. The molecule has 0 atom stereocenters. The number of rotatable bonds is 1. The van der Waals surface area contributed by atoms with Crippen LogP contribution < -0.4 is 0 Å². The van der Waals surface area contributed by atoms with Crippen molar-refractivity contribution in [1.29, 1.82) is 0 Å². The summed E-state index contributed by atoms with van der Waals surface area (Å²) in [5, 5.41) is 0. The van der Waals surface area contributed by atoms with Crippen LogP contribution in [-0.4, -0.2) is 11.2 Å². The SMILES string of the molecule is Fc1ccc(C2=CCCC=N2)nc1. The molecule has 0 saturated heterocycles. The summed E-state index contributed by atoms with van der Waals surface area (Å²) in [4.78, 5) is 8.13. The highest BCUT2D eigenvalue weighted by Crippen LogP contribution is 2.17. The Morgan fingerprint density at radius 1 is 1.23 bits per heavy atom. The molecule has 0 aliphatic carbocycles. The van der Waals surface area contributed by atoms with Crippen molar-refractivity contribution in [3.8, 4) is 0 Å². The molecule has 0 unspecified atom stereocenters. The highest BCUT2D eigenvalue weighted by Gasteiger charge is 2.03. The summed E-state index contributed by atoms with van der Waals surface area (Å²) < 4.78 is 12.5. The third-order valence-electron chi connectivity index (χ3n) is 1.85. The molecule has 1 aliphatic rings. The first-order valence-electron chi connectivity index (χ1n) is 4.21. The topological polar surface area (TPSA) is 25.2 Å². The number of nitrogens with zero attached hydrogens (tertiary/aromatic N) is 2. The van der Waals surface area contributed by atoms with E-state index in [1.54, 1.807) is 6.07 Å². The molecule has 0 fully saturated rings. The maximum Gasteiger partial charge on any atom is 0.141 e. The highest BCUT2D eigenvalue weighted by molar-refractivity contribution is 5.74. The van der Waals surface area contributed by atoms with E-state index in [4.69, 9.17) is 0 Å². The maximum absolute atomic E-state index is 12.5. The van der Waals surface area contributed by atoms with Crippen molar-refractivity contribution in [2.24, 2.45) is 4.99 Å². The van der Waals surface area contributed by atoms with Crippen LogP contribution in [0.25, 0.3) is 5.70 Å². The van der Waals surface area contributed by atoms with E-state index in [9.17, 15) is 4.39 Å². The monoisotopic (exact) mass is 176 g/mol. The van der Waals surface area contributed by atoms with Crippen LogP contribution in [-0.2, 0) is 0 Å².